The number of aliphatic hydroxyl groups excluding tert-OH is 1. The molecule has 0 aliphatic heterocycles. The molecule has 0 saturated heterocycles. The number of aliphatic carboxylic acids is 1. The quantitative estimate of drug-likeness (QED) is 0.0807. The zero-order valence-electron chi connectivity index (χ0n) is 24.4. The van der Waals surface area contributed by atoms with Crippen molar-refractivity contribution in [3.05, 3.63) is 29.8 Å². The van der Waals surface area contributed by atoms with Crippen LogP contribution in [-0.4, -0.2) is 99.6 Å². The van der Waals surface area contributed by atoms with Gasteiger partial charge in [0.1, 0.15) is 29.9 Å². The number of rotatable bonds is 19. The maximum atomic E-state index is 13.3. The monoisotopic (exact) mass is 626 g/mol. The van der Waals surface area contributed by atoms with Crippen molar-refractivity contribution in [2.75, 3.05) is 18.6 Å². The summed E-state index contributed by atoms with van der Waals surface area (Å²) in [6.07, 6.45) is 1.78. The van der Waals surface area contributed by atoms with E-state index < -0.39 is 84.7 Å². The number of nitrogens with one attached hydrogen (secondary N) is 4. The minimum absolute atomic E-state index is 0.0536. The second-order valence-electron chi connectivity index (χ2n) is 10.0. The van der Waals surface area contributed by atoms with Gasteiger partial charge < -0.3 is 48.1 Å². The van der Waals surface area contributed by atoms with Crippen LogP contribution in [0.1, 0.15) is 38.7 Å². The van der Waals surface area contributed by atoms with Gasteiger partial charge in [-0.05, 0) is 42.0 Å². The number of carbonyl (C=O) groups is 6. The Balaban J connectivity index is 3.22. The number of aliphatic hydroxyl groups is 1. The molecule has 11 N–H and O–H groups in total. The maximum Gasteiger partial charge on any atom is 0.326 e. The predicted octanol–water partition coefficient (Wildman–Crippen LogP) is -2.05. The highest BCUT2D eigenvalue weighted by molar-refractivity contribution is 7.98. The lowest BCUT2D eigenvalue weighted by Gasteiger charge is -2.26. The zero-order chi connectivity index (χ0) is 32.7. The second-order valence-corrected chi connectivity index (χ2v) is 11.0. The summed E-state index contributed by atoms with van der Waals surface area (Å²) in [7, 11) is 0. The molecule has 0 aromatic heterocycles. The Morgan fingerprint density at radius 3 is 1.93 bits per heavy atom. The standard InChI is InChI=1S/C27H42N6O9S/c1-4-14(2)22(27(41)42)33-26(40)20(13-34)32-24(38)18(11-15-5-7-16(35)8-6-15)31-25(39)19(12-21(29)36)30-23(37)17(28)9-10-43-3/h5-8,14,17-20,22,34-35H,4,9-13,28H2,1-3H3,(H2,29,36)(H,30,37)(H,31,39)(H,32,38)(H,33,40)(H,41,42)/t14-,17-,18-,19-,20-,22-/m0/s1. The molecular weight excluding hydrogens is 584 g/mol. The summed E-state index contributed by atoms with van der Waals surface area (Å²) in [5, 5.41) is 38.3. The van der Waals surface area contributed by atoms with Crippen LogP contribution in [0.15, 0.2) is 24.3 Å². The number of phenolic OH excluding ortho intramolecular Hbond substituents is 1. The molecule has 16 heteroatoms. The number of carbonyl (C=O) groups excluding carboxylic acids is 5. The van der Waals surface area contributed by atoms with E-state index >= 15 is 0 Å². The zero-order valence-corrected chi connectivity index (χ0v) is 25.2. The smallest absolute Gasteiger partial charge is 0.326 e. The Morgan fingerprint density at radius 1 is 0.884 bits per heavy atom. The van der Waals surface area contributed by atoms with E-state index in [0.29, 0.717) is 24.2 Å². The third-order valence-electron chi connectivity index (χ3n) is 6.61. The van der Waals surface area contributed by atoms with Crippen LogP contribution >= 0.6 is 11.8 Å². The Hall–Kier alpha value is -3.89. The Labute approximate surface area is 253 Å². The lowest BCUT2D eigenvalue weighted by Crippen LogP contribution is -2.60. The van der Waals surface area contributed by atoms with Gasteiger partial charge in [0.15, 0.2) is 0 Å². The van der Waals surface area contributed by atoms with Crippen LogP contribution < -0.4 is 32.7 Å². The first-order chi connectivity index (χ1) is 20.2. The van der Waals surface area contributed by atoms with Crippen LogP contribution in [-0.2, 0) is 35.2 Å². The first-order valence-corrected chi connectivity index (χ1v) is 15.0. The summed E-state index contributed by atoms with van der Waals surface area (Å²) < 4.78 is 0. The van der Waals surface area contributed by atoms with E-state index in [1.807, 2.05) is 6.26 Å². The highest BCUT2D eigenvalue weighted by Crippen LogP contribution is 2.13. The molecule has 0 saturated carbocycles. The molecule has 6 atom stereocenters. The number of hydrogen-bond acceptors (Lipinski definition) is 10. The summed E-state index contributed by atoms with van der Waals surface area (Å²) in [5.41, 5.74) is 11.6. The molecule has 0 heterocycles. The summed E-state index contributed by atoms with van der Waals surface area (Å²) in [6, 6.07) is -1.06. The van der Waals surface area contributed by atoms with Gasteiger partial charge in [-0.2, -0.15) is 11.8 Å². The van der Waals surface area contributed by atoms with Crippen molar-refractivity contribution in [3.8, 4) is 5.75 Å². The number of thioether (sulfide) groups is 1. The van der Waals surface area contributed by atoms with E-state index in [1.54, 1.807) is 13.8 Å². The number of carboxylic acids is 1. The van der Waals surface area contributed by atoms with Crippen molar-refractivity contribution in [1.82, 2.24) is 21.3 Å². The van der Waals surface area contributed by atoms with Crippen LogP contribution in [0.4, 0.5) is 0 Å². The Morgan fingerprint density at radius 2 is 1.42 bits per heavy atom. The largest absolute Gasteiger partial charge is 0.508 e. The summed E-state index contributed by atoms with van der Waals surface area (Å²) in [5.74, 6) is -5.70. The lowest BCUT2D eigenvalue weighted by molar-refractivity contribution is -0.144. The van der Waals surface area contributed by atoms with E-state index in [9.17, 15) is 44.1 Å². The van der Waals surface area contributed by atoms with Gasteiger partial charge in [-0.25, -0.2) is 4.79 Å². The molecule has 15 nitrogen and oxygen atoms in total. The molecule has 0 aliphatic rings. The Kier molecular flexibility index (Phi) is 16.1. The molecule has 0 spiro atoms. The maximum absolute atomic E-state index is 13.3. The number of primary amides is 1. The van der Waals surface area contributed by atoms with Gasteiger partial charge >= 0.3 is 5.97 Å². The molecule has 240 valence electrons. The van der Waals surface area contributed by atoms with Crippen molar-refractivity contribution >= 4 is 47.3 Å². The number of phenols is 1. The van der Waals surface area contributed by atoms with E-state index in [1.165, 1.54) is 36.0 Å². The molecule has 43 heavy (non-hydrogen) atoms. The number of benzene rings is 1. The van der Waals surface area contributed by atoms with Gasteiger partial charge in [-0.3, -0.25) is 24.0 Å². The normalized spacial score (nSPS) is 15.1. The fourth-order valence-corrected chi connectivity index (χ4v) is 4.31. The van der Waals surface area contributed by atoms with Crippen LogP contribution in [0, 0.1) is 5.92 Å². The lowest BCUT2D eigenvalue weighted by atomic mass is 9.99. The molecule has 1 aromatic rings. The molecule has 0 aliphatic carbocycles. The van der Waals surface area contributed by atoms with E-state index in [-0.39, 0.29) is 12.2 Å². The number of hydrogen-bond donors (Lipinski definition) is 9. The van der Waals surface area contributed by atoms with Gasteiger partial charge in [0.05, 0.1) is 19.1 Å². The van der Waals surface area contributed by atoms with Gasteiger partial charge in [0.25, 0.3) is 0 Å². The second kappa shape index (κ2) is 18.6. The first kappa shape index (κ1) is 37.1. The molecule has 0 fully saturated rings. The van der Waals surface area contributed by atoms with E-state index in [0.717, 1.165) is 0 Å². The molecule has 5 amide bonds. The van der Waals surface area contributed by atoms with E-state index in [4.69, 9.17) is 11.5 Å². The van der Waals surface area contributed by atoms with Crippen molar-refractivity contribution in [2.45, 2.75) is 69.7 Å². The highest BCUT2D eigenvalue weighted by Gasteiger charge is 2.33. The summed E-state index contributed by atoms with van der Waals surface area (Å²) >= 11 is 1.46. The third-order valence-corrected chi connectivity index (χ3v) is 7.25. The van der Waals surface area contributed by atoms with E-state index in [2.05, 4.69) is 21.3 Å². The fourth-order valence-electron chi connectivity index (χ4n) is 3.82. The molecule has 0 bridgehead atoms. The van der Waals surface area contributed by atoms with Crippen LogP contribution in [0.5, 0.6) is 5.75 Å². The van der Waals surface area contributed by atoms with Crippen LogP contribution in [0.25, 0.3) is 0 Å². The van der Waals surface area contributed by atoms with Crippen LogP contribution in [0.2, 0.25) is 0 Å². The van der Waals surface area contributed by atoms with Crippen LogP contribution in [0.3, 0.4) is 0 Å². The van der Waals surface area contributed by atoms with Crippen molar-refractivity contribution in [2.24, 2.45) is 17.4 Å². The number of amides is 5. The molecule has 1 rings (SSSR count). The molecule has 0 unspecified atom stereocenters. The van der Waals surface area contributed by atoms with Gasteiger partial charge in [-0.1, -0.05) is 32.4 Å². The average molecular weight is 627 g/mol. The molecular formula is C27H42N6O9S. The highest BCUT2D eigenvalue weighted by atomic mass is 32.2. The van der Waals surface area contributed by atoms with Crippen molar-refractivity contribution < 1.29 is 44.1 Å². The number of aromatic hydroxyl groups is 1. The van der Waals surface area contributed by atoms with Gasteiger partial charge in [0.2, 0.25) is 29.5 Å². The van der Waals surface area contributed by atoms with Gasteiger partial charge in [0, 0.05) is 6.42 Å². The third kappa shape index (κ3) is 12.9. The van der Waals surface area contributed by atoms with Gasteiger partial charge in [-0.15, -0.1) is 0 Å². The first-order valence-electron chi connectivity index (χ1n) is 13.6. The molecule has 1 aromatic carbocycles. The summed E-state index contributed by atoms with van der Waals surface area (Å²) in [6.45, 7) is 2.46. The fraction of sp³-hybridized carbons (Fsp3) is 0.556. The summed E-state index contributed by atoms with van der Waals surface area (Å²) in [4.78, 5) is 75.3. The topological polar surface area (TPSA) is 263 Å². The number of carboxylic acid groups (broad SMARTS) is 1. The Bertz CT molecular complexity index is 1120. The SMILES string of the molecule is CC[C@H](C)[C@H](NC(=O)[C@H](CO)NC(=O)[C@H](Cc1ccc(O)cc1)NC(=O)[C@H](CC(N)=O)NC(=O)[C@@H](N)CCSC)C(=O)O. The average Bonchev–Trinajstić information content (AvgIpc) is 2.96. The minimum atomic E-state index is -1.58. The van der Waals surface area contributed by atoms with Crippen molar-refractivity contribution in [1.29, 1.82) is 0 Å². The minimum Gasteiger partial charge on any atom is -0.508 e. The number of nitrogens with two attached hydrogens (primary N) is 2. The van der Waals surface area contributed by atoms with Crippen molar-refractivity contribution in [3.63, 3.8) is 0 Å². The molecule has 0 radical (unpaired) electrons. The predicted molar refractivity (Wildman–Crippen MR) is 158 cm³/mol.